The molecule has 0 saturated carbocycles. The van der Waals surface area contributed by atoms with Crippen molar-refractivity contribution in [3.05, 3.63) is 0 Å². The summed E-state index contributed by atoms with van der Waals surface area (Å²) in [6, 6.07) is 0. The fourth-order valence-electron chi connectivity index (χ4n) is 0. The van der Waals surface area contributed by atoms with Gasteiger partial charge in [-0.2, -0.15) is 73.4 Å². The van der Waals surface area contributed by atoms with Gasteiger partial charge in [-0.05, 0) is 50.0 Å². The molecular formula is C10H24F6O6PtS6. The maximum Gasteiger partial charge on any atom is 2.00 e. The van der Waals surface area contributed by atoms with Gasteiger partial charge in [0.15, 0.2) is 20.2 Å². The standard InChI is InChI=1S/4C2H6S.2CHF3O3S.Pt/c4*1-3-2;2*2-1(3,4)8(5,6)7;/h4*1-2H3;2*(H,5,6,7);/q;;;;;;+2/p-2. The van der Waals surface area contributed by atoms with Gasteiger partial charge in [0.25, 0.3) is 0 Å². The molecule has 29 heavy (non-hydrogen) atoms. The quantitative estimate of drug-likeness (QED) is 0.205. The molecule has 0 aliphatic heterocycles. The summed E-state index contributed by atoms with van der Waals surface area (Å²) in [5.74, 6) is 0. The van der Waals surface area contributed by atoms with Crippen molar-refractivity contribution in [1.82, 2.24) is 0 Å². The van der Waals surface area contributed by atoms with E-state index >= 15 is 0 Å². The van der Waals surface area contributed by atoms with Crippen molar-refractivity contribution in [3.8, 4) is 0 Å². The molecule has 0 aromatic carbocycles. The maximum atomic E-state index is 10.7. The Morgan fingerprint density at radius 3 is 0.552 bits per heavy atom. The van der Waals surface area contributed by atoms with Gasteiger partial charge in [-0.15, -0.1) is 0 Å². The monoisotopic (exact) mass is 741 g/mol. The van der Waals surface area contributed by atoms with Gasteiger partial charge in [0, 0.05) is 0 Å². The molecule has 0 fully saturated rings. The Hall–Kier alpha value is 1.49. The van der Waals surface area contributed by atoms with Crippen LogP contribution >= 0.6 is 47.0 Å². The maximum absolute atomic E-state index is 10.7. The molecule has 0 aromatic heterocycles. The first kappa shape index (κ1) is 48.1. The van der Waals surface area contributed by atoms with E-state index in [1.54, 1.807) is 47.0 Å². The van der Waals surface area contributed by atoms with Crippen LogP contribution in [0.5, 0.6) is 0 Å². The normalized spacial score (nSPS) is 10.2. The van der Waals surface area contributed by atoms with Gasteiger partial charge < -0.3 is 9.11 Å². The Balaban J connectivity index is -0.0000000429. The summed E-state index contributed by atoms with van der Waals surface area (Å²) < 4.78 is 118. The van der Waals surface area contributed by atoms with E-state index < -0.39 is 31.3 Å². The van der Waals surface area contributed by atoms with E-state index in [-0.39, 0.29) is 21.1 Å². The third kappa shape index (κ3) is 58.7. The first-order valence-corrected chi connectivity index (χ1v) is 15.2. The Kier molecular flexibility index (Phi) is 45.6. The third-order valence-corrected chi connectivity index (χ3v) is 1.70. The van der Waals surface area contributed by atoms with Gasteiger partial charge >= 0.3 is 32.1 Å². The molecule has 0 N–H and O–H groups in total. The summed E-state index contributed by atoms with van der Waals surface area (Å²) in [5.41, 5.74) is -11.3. The van der Waals surface area contributed by atoms with Gasteiger partial charge in [0.1, 0.15) is 0 Å². The molecule has 19 heteroatoms. The largest absolute Gasteiger partial charge is 2.00 e. The van der Waals surface area contributed by atoms with Gasteiger partial charge in [0.2, 0.25) is 0 Å². The van der Waals surface area contributed by atoms with Crippen LogP contribution in [0.15, 0.2) is 0 Å². The van der Waals surface area contributed by atoms with Gasteiger partial charge in [0.05, 0.1) is 0 Å². The van der Waals surface area contributed by atoms with E-state index in [2.05, 4.69) is 0 Å². The van der Waals surface area contributed by atoms with Gasteiger partial charge in [-0.25, -0.2) is 16.8 Å². The molecule has 0 radical (unpaired) electrons. The van der Waals surface area contributed by atoms with Crippen molar-refractivity contribution in [2.45, 2.75) is 11.0 Å². The summed E-state index contributed by atoms with van der Waals surface area (Å²) in [7, 11) is -12.2. The van der Waals surface area contributed by atoms with Crippen LogP contribution in [0.4, 0.5) is 26.3 Å². The van der Waals surface area contributed by atoms with Crippen molar-refractivity contribution in [3.63, 3.8) is 0 Å². The van der Waals surface area contributed by atoms with Crippen molar-refractivity contribution in [2.24, 2.45) is 0 Å². The fraction of sp³-hybridized carbons (Fsp3) is 1.00. The minimum atomic E-state index is -6.09. The molecule has 0 bridgehead atoms. The van der Waals surface area contributed by atoms with Crippen LogP contribution in [0.25, 0.3) is 0 Å². The summed E-state index contributed by atoms with van der Waals surface area (Å²) in [6.07, 6.45) is 16.3. The summed E-state index contributed by atoms with van der Waals surface area (Å²) in [6.45, 7) is 0. The average Bonchev–Trinajstić information content (AvgIpc) is 2.38. The third-order valence-electron chi connectivity index (χ3n) is 0.567. The van der Waals surface area contributed by atoms with Crippen LogP contribution in [-0.2, 0) is 41.3 Å². The van der Waals surface area contributed by atoms with Crippen molar-refractivity contribution < 1.29 is 73.3 Å². The molecule has 0 heterocycles. The molecule has 0 saturated heterocycles. The molecular weight excluding hydrogens is 718 g/mol. The number of alkyl halides is 6. The number of halogens is 6. The molecule has 188 valence electrons. The van der Waals surface area contributed by atoms with Crippen LogP contribution in [0, 0.1) is 0 Å². The van der Waals surface area contributed by atoms with E-state index in [0.717, 1.165) is 0 Å². The van der Waals surface area contributed by atoms with E-state index in [4.69, 9.17) is 25.9 Å². The van der Waals surface area contributed by atoms with E-state index in [9.17, 15) is 26.3 Å². The Morgan fingerprint density at radius 1 is 0.517 bits per heavy atom. The second kappa shape index (κ2) is 27.5. The number of thioether (sulfide) groups is 4. The van der Waals surface area contributed by atoms with Crippen molar-refractivity contribution in [1.29, 1.82) is 0 Å². The van der Waals surface area contributed by atoms with Crippen molar-refractivity contribution in [2.75, 3.05) is 50.0 Å². The Labute approximate surface area is 200 Å². The predicted molar refractivity (Wildman–Crippen MR) is 109 cm³/mol. The summed E-state index contributed by atoms with van der Waals surface area (Å²) >= 11 is 7.00. The van der Waals surface area contributed by atoms with E-state index in [1.807, 2.05) is 50.0 Å². The van der Waals surface area contributed by atoms with Gasteiger partial charge in [-0.3, -0.25) is 0 Å². The zero-order chi connectivity index (χ0) is 24.8. The SMILES string of the molecule is CSC.CSC.CSC.CSC.O=S(=O)([O-])C(F)(F)F.O=S(=O)([O-])C(F)(F)F.[Pt+2]. The minimum Gasteiger partial charge on any atom is -0.741 e. The van der Waals surface area contributed by atoms with E-state index in [1.165, 1.54) is 0 Å². The first-order chi connectivity index (χ1) is 12.2. The smallest absolute Gasteiger partial charge is 0.741 e. The second-order valence-electron chi connectivity index (χ2n) is 3.43. The zero-order valence-electron chi connectivity index (χ0n) is 16.5. The second-order valence-corrected chi connectivity index (χ2v) is 9.44. The zero-order valence-corrected chi connectivity index (χ0v) is 23.7. The molecule has 0 spiro atoms. The molecule has 0 unspecified atom stereocenters. The topological polar surface area (TPSA) is 114 Å². The predicted octanol–water partition coefficient (Wildman–Crippen LogP) is 4.02. The van der Waals surface area contributed by atoms with Crippen molar-refractivity contribution >= 4 is 67.3 Å². The van der Waals surface area contributed by atoms with Crippen LogP contribution in [-0.4, -0.2) is 87.0 Å². The number of rotatable bonds is 0. The number of hydrogen-bond donors (Lipinski definition) is 0. The fourth-order valence-corrected chi connectivity index (χ4v) is 0. The molecule has 0 atom stereocenters. The van der Waals surface area contributed by atoms with Crippen LogP contribution in [0.2, 0.25) is 0 Å². The molecule has 0 aliphatic carbocycles. The van der Waals surface area contributed by atoms with Gasteiger partial charge in [-0.1, -0.05) is 0 Å². The first-order valence-electron chi connectivity index (χ1n) is 5.81. The van der Waals surface area contributed by atoms with Crippen LogP contribution in [0.3, 0.4) is 0 Å². The summed E-state index contributed by atoms with van der Waals surface area (Å²) in [5, 5.41) is 0. The average molecular weight is 742 g/mol. The number of hydrogen-bond acceptors (Lipinski definition) is 10. The minimum absolute atomic E-state index is 0. The summed E-state index contributed by atoms with van der Waals surface area (Å²) in [4.78, 5) is 0. The molecule has 0 amide bonds. The van der Waals surface area contributed by atoms with Crippen LogP contribution in [0.1, 0.15) is 0 Å². The molecule has 0 aromatic rings. The Bertz CT molecular complexity index is 448. The van der Waals surface area contributed by atoms with E-state index in [0.29, 0.717) is 0 Å². The molecule has 0 rings (SSSR count). The van der Waals surface area contributed by atoms with Crippen LogP contribution < -0.4 is 0 Å². The Morgan fingerprint density at radius 2 is 0.552 bits per heavy atom. The molecule has 6 nitrogen and oxygen atoms in total. The molecule has 0 aliphatic rings.